The number of nitrogens with two attached hydrogens (primary N) is 1. The second-order valence-electron chi connectivity index (χ2n) is 11.3. The van der Waals surface area contributed by atoms with Crippen molar-refractivity contribution < 1.29 is 9.59 Å². The number of likely N-dealkylation sites (tertiary alicyclic amines) is 1. The zero-order valence-corrected chi connectivity index (χ0v) is 19.0. The summed E-state index contributed by atoms with van der Waals surface area (Å²) in [6.07, 6.45) is 10.3. The minimum atomic E-state index is -1.12. The smallest absolute Gasteiger partial charge is 0.253 e. The lowest BCUT2D eigenvalue weighted by Crippen LogP contribution is -2.56. The summed E-state index contributed by atoms with van der Waals surface area (Å²) in [4.78, 5) is 33.1. The Morgan fingerprint density at radius 3 is 1.94 bits per heavy atom. The lowest BCUT2D eigenvalue weighted by molar-refractivity contribution is -0.128. The lowest BCUT2D eigenvalue weighted by Gasteiger charge is -2.57. The predicted octanol–water partition coefficient (Wildman–Crippen LogP) is 3.01. The van der Waals surface area contributed by atoms with Crippen LogP contribution in [0.15, 0.2) is 24.3 Å². The van der Waals surface area contributed by atoms with E-state index >= 15 is 0 Å². The Balaban J connectivity index is 1.32. The number of carbonyl (C=O) groups excluding carboxylic acids is 2. The molecule has 6 aliphatic rings. The minimum absolute atomic E-state index is 0.199. The molecule has 172 valence electrons. The Bertz CT molecular complexity index is 874. The normalized spacial score (nSPS) is 36.7. The number of amides is 2. The summed E-state index contributed by atoms with van der Waals surface area (Å²) in [5.74, 6) is 2.00. The highest BCUT2D eigenvalue weighted by atomic mass is 16.2. The average molecular weight is 437 g/mol. The molecular formula is C26H36N4O2. The molecule has 4 saturated carbocycles. The zero-order valence-electron chi connectivity index (χ0n) is 19.0. The zero-order chi connectivity index (χ0) is 21.9. The van der Waals surface area contributed by atoms with E-state index in [1.165, 1.54) is 51.4 Å². The molecule has 7 rings (SSSR count). The number of carbonyl (C=O) groups is 2. The van der Waals surface area contributed by atoms with Gasteiger partial charge in [-0.25, -0.2) is 0 Å². The van der Waals surface area contributed by atoms with E-state index in [9.17, 15) is 9.59 Å². The van der Waals surface area contributed by atoms with E-state index in [2.05, 4.69) is 4.90 Å². The van der Waals surface area contributed by atoms with Gasteiger partial charge in [-0.05, 0) is 99.8 Å². The van der Waals surface area contributed by atoms with Crippen molar-refractivity contribution in [2.24, 2.45) is 28.9 Å². The first-order chi connectivity index (χ1) is 15.5. The molecule has 5 fully saturated rings. The molecule has 4 aliphatic carbocycles. The lowest BCUT2D eigenvalue weighted by atomic mass is 9.49. The highest BCUT2D eigenvalue weighted by Crippen LogP contribution is 2.60. The maximum absolute atomic E-state index is 13.6. The summed E-state index contributed by atoms with van der Waals surface area (Å²) in [6, 6.07) is 6.85. The highest BCUT2D eigenvalue weighted by molar-refractivity contribution is 6.20. The summed E-state index contributed by atoms with van der Waals surface area (Å²) < 4.78 is 0. The van der Waals surface area contributed by atoms with Crippen molar-refractivity contribution >= 4 is 23.2 Å². The Hall–Kier alpha value is -1.92. The molecule has 0 spiro atoms. The summed E-state index contributed by atoms with van der Waals surface area (Å²) in [6.45, 7) is 4.31. The summed E-state index contributed by atoms with van der Waals surface area (Å²) in [7, 11) is 0. The van der Waals surface area contributed by atoms with Crippen molar-refractivity contribution in [1.82, 2.24) is 4.90 Å². The molecule has 0 aromatic heterocycles. The first kappa shape index (κ1) is 20.7. The molecule has 6 nitrogen and oxygen atoms in total. The highest BCUT2D eigenvalue weighted by Gasteiger charge is 2.52. The third-order valence-electron chi connectivity index (χ3n) is 9.02. The maximum atomic E-state index is 13.6. The van der Waals surface area contributed by atoms with E-state index < -0.39 is 6.04 Å². The monoisotopic (exact) mass is 436 g/mol. The number of rotatable bonds is 5. The quantitative estimate of drug-likeness (QED) is 0.721. The Morgan fingerprint density at radius 2 is 1.34 bits per heavy atom. The summed E-state index contributed by atoms with van der Waals surface area (Å²) >= 11 is 0. The first-order valence-corrected chi connectivity index (χ1v) is 12.7. The number of hydrogen-bond acceptors (Lipinski definition) is 4. The van der Waals surface area contributed by atoms with Crippen LogP contribution in [0.25, 0.3) is 0 Å². The van der Waals surface area contributed by atoms with Gasteiger partial charge in [-0.1, -0.05) is 12.1 Å². The predicted molar refractivity (Wildman–Crippen MR) is 125 cm³/mol. The van der Waals surface area contributed by atoms with Crippen LogP contribution in [0.4, 0.5) is 11.4 Å². The second-order valence-corrected chi connectivity index (χ2v) is 11.3. The molecule has 1 aromatic rings. The van der Waals surface area contributed by atoms with Crippen molar-refractivity contribution in [2.75, 3.05) is 42.5 Å². The molecule has 2 amide bonds. The van der Waals surface area contributed by atoms with Crippen molar-refractivity contribution in [2.45, 2.75) is 57.4 Å². The van der Waals surface area contributed by atoms with Crippen LogP contribution >= 0.6 is 0 Å². The topological polar surface area (TPSA) is 69.9 Å². The molecule has 2 aliphatic heterocycles. The molecule has 4 bridgehead atoms. The molecule has 2 heterocycles. The number of anilines is 2. The van der Waals surface area contributed by atoms with Crippen LogP contribution in [0.1, 0.15) is 51.4 Å². The number of benzene rings is 1. The van der Waals surface area contributed by atoms with E-state index in [1.54, 1.807) is 4.90 Å². The van der Waals surface area contributed by atoms with Crippen LogP contribution in [-0.2, 0) is 9.59 Å². The van der Waals surface area contributed by atoms with Crippen molar-refractivity contribution in [3.05, 3.63) is 24.3 Å². The third-order valence-corrected chi connectivity index (χ3v) is 9.02. The third kappa shape index (κ3) is 3.47. The van der Waals surface area contributed by atoms with E-state index in [1.807, 2.05) is 29.2 Å². The standard InChI is InChI=1S/C26H36N4O2/c27-23-24(31)29(10-9-28-7-3-4-8-28)21-5-1-2-6-22(21)30(25(23)32)17-26-14-18-11-19(15-26)13-20(12-18)16-26/h1-2,5-6,18-20,23H,3-4,7-17,27H2. The van der Waals surface area contributed by atoms with Crippen LogP contribution in [0.5, 0.6) is 0 Å². The average Bonchev–Trinajstić information content (AvgIpc) is 3.27. The van der Waals surface area contributed by atoms with Crippen molar-refractivity contribution in [3.63, 3.8) is 0 Å². The van der Waals surface area contributed by atoms with Crippen molar-refractivity contribution in [1.29, 1.82) is 0 Å². The van der Waals surface area contributed by atoms with Gasteiger partial charge in [-0.15, -0.1) is 0 Å². The van der Waals surface area contributed by atoms with Gasteiger partial charge in [0.05, 0.1) is 11.4 Å². The van der Waals surface area contributed by atoms with Gasteiger partial charge in [-0.3, -0.25) is 9.59 Å². The Kier molecular flexibility index (Phi) is 5.06. The fourth-order valence-electron chi connectivity index (χ4n) is 8.06. The maximum Gasteiger partial charge on any atom is 0.253 e. The Labute approximate surface area is 191 Å². The molecule has 32 heavy (non-hydrogen) atoms. The molecular weight excluding hydrogens is 400 g/mol. The van der Waals surface area contributed by atoms with E-state index in [0.29, 0.717) is 13.1 Å². The molecule has 1 atom stereocenters. The first-order valence-electron chi connectivity index (χ1n) is 12.7. The minimum Gasteiger partial charge on any atom is -0.312 e. The van der Waals surface area contributed by atoms with Gasteiger partial charge >= 0.3 is 0 Å². The van der Waals surface area contributed by atoms with E-state index in [4.69, 9.17) is 5.73 Å². The number of para-hydroxylation sites is 2. The van der Waals surface area contributed by atoms with Gasteiger partial charge in [-0.2, -0.15) is 0 Å². The van der Waals surface area contributed by atoms with Crippen LogP contribution in [-0.4, -0.2) is 55.5 Å². The molecule has 1 aromatic carbocycles. The number of hydrogen-bond donors (Lipinski definition) is 1. The molecule has 6 heteroatoms. The fourth-order valence-corrected chi connectivity index (χ4v) is 8.06. The van der Waals surface area contributed by atoms with E-state index in [0.717, 1.165) is 48.8 Å². The summed E-state index contributed by atoms with van der Waals surface area (Å²) in [5.41, 5.74) is 8.26. The van der Waals surface area contributed by atoms with Crippen LogP contribution in [0.2, 0.25) is 0 Å². The number of fused-ring (bicyclic) bond motifs is 1. The van der Waals surface area contributed by atoms with E-state index in [-0.39, 0.29) is 17.2 Å². The van der Waals surface area contributed by atoms with Gasteiger partial charge in [0.2, 0.25) is 0 Å². The van der Waals surface area contributed by atoms with Gasteiger partial charge < -0.3 is 20.4 Å². The van der Waals surface area contributed by atoms with Gasteiger partial charge in [0.25, 0.3) is 11.8 Å². The van der Waals surface area contributed by atoms with Crippen LogP contribution in [0, 0.1) is 23.2 Å². The second kappa shape index (κ2) is 7.84. The van der Waals surface area contributed by atoms with Gasteiger partial charge in [0, 0.05) is 19.6 Å². The Morgan fingerprint density at radius 1 is 0.812 bits per heavy atom. The van der Waals surface area contributed by atoms with Crippen LogP contribution < -0.4 is 15.5 Å². The van der Waals surface area contributed by atoms with Crippen molar-refractivity contribution in [3.8, 4) is 0 Å². The molecule has 1 saturated heterocycles. The number of nitrogens with zero attached hydrogens (tertiary/aromatic N) is 3. The largest absolute Gasteiger partial charge is 0.312 e. The van der Waals surface area contributed by atoms with Gasteiger partial charge in [0.15, 0.2) is 6.04 Å². The molecule has 1 unspecified atom stereocenters. The molecule has 2 N–H and O–H groups in total. The fraction of sp³-hybridized carbons (Fsp3) is 0.692. The van der Waals surface area contributed by atoms with Crippen LogP contribution in [0.3, 0.4) is 0 Å². The molecule has 0 radical (unpaired) electrons. The SMILES string of the molecule is NC1C(=O)N(CCN2CCCC2)c2ccccc2N(CC23CC4CC(CC(C4)C2)C3)C1=O. The summed E-state index contributed by atoms with van der Waals surface area (Å²) in [5, 5.41) is 0. The van der Waals surface area contributed by atoms with Gasteiger partial charge in [0.1, 0.15) is 0 Å².